The molecule has 0 aliphatic rings. The Kier molecular flexibility index (Phi) is 2.61. The minimum atomic E-state index is 0.255. The van der Waals surface area contributed by atoms with Crippen LogP contribution in [0.2, 0.25) is 0 Å². The lowest BCUT2D eigenvalue weighted by Gasteiger charge is -2.04. The summed E-state index contributed by atoms with van der Waals surface area (Å²) in [5, 5.41) is 0. The number of nitrogens with two attached hydrogens (primary N) is 4. The van der Waals surface area contributed by atoms with Gasteiger partial charge >= 0.3 is 0 Å². The van der Waals surface area contributed by atoms with E-state index in [0.717, 1.165) is 11.1 Å². The molecule has 4 heteroatoms. The Balaban J connectivity index is 4.71. The van der Waals surface area contributed by atoms with E-state index in [0.29, 0.717) is 0 Å². The average molecular weight is 142 g/mol. The second-order valence-corrected chi connectivity index (χ2v) is 2.16. The van der Waals surface area contributed by atoms with Crippen molar-refractivity contribution in [3.05, 3.63) is 22.8 Å². The molecule has 4 nitrogen and oxygen atoms in total. The Morgan fingerprint density at radius 2 is 0.900 bits per heavy atom. The maximum atomic E-state index is 5.29. The van der Waals surface area contributed by atoms with Gasteiger partial charge in [-0.05, 0) is 25.0 Å². The molecule has 0 amide bonds. The summed E-state index contributed by atoms with van der Waals surface area (Å²) >= 11 is 0. The van der Waals surface area contributed by atoms with Gasteiger partial charge in [-0.3, -0.25) is 0 Å². The molecular formula is C6H14N4. The maximum absolute atomic E-state index is 5.29. The second-order valence-electron chi connectivity index (χ2n) is 2.16. The molecule has 0 radical (unpaired) electrons. The van der Waals surface area contributed by atoms with E-state index in [1.54, 1.807) is 13.8 Å². The van der Waals surface area contributed by atoms with Crippen LogP contribution in [0, 0.1) is 0 Å². The maximum Gasteiger partial charge on any atom is 0.0967 e. The van der Waals surface area contributed by atoms with E-state index in [1.807, 2.05) is 0 Å². The third kappa shape index (κ3) is 1.89. The van der Waals surface area contributed by atoms with Crippen molar-refractivity contribution in [1.82, 2.24) is 0 Å². The minimum Gasteiger partial charge on any atom is -0.385 e. The molecule has 8 N–H and O–H groups in total. The van der Waals surface area contributed by atoms with Crippen LogP contribution in [0.5, 0.6) is 0 Å². The van der Waals surface area contributed by atoms with Crippen LogP contribution in [0.3, 0.4) is 0 Å². The molecule has 0 aromatic carbocycles. The van der Waals surface area contributed by atoms with E-state index in [4.69, 9.17) is 22.9 Å². The summed E-state index contributed by atoms with van der Waals surface area (Å²) in [4.78, 5) is 0. The van der Waals surface area contributed by atoms with Gasteiger partial charge in [0, 0.05) is 0 Å². The Bertz CT molecular complexity index is 160. The van der Waals surface area contributed by atoms with Crippen molar-refractivity contribution in [3.63, 3.8) is 0 Å². The number of allylic oxidation sites excluding steroid dienone is 2. The fraction of sp³-hybridized carbons (Fsp3) is 0.333. The second kappa shape index (κ2) is 3.00. The van der Waals surface area contributed by atoms with Crippen molar-refractivity contribution in [2.75, 3.05) is 0 Å². The monoisotopic (exact) mass is 142 g/mol. The molecule has 58 valence electrons. The largest absolute Gasteiger partial charge is 0.385 e. The minimum absolute atomic E-state index is 0.255. The van der Waals surface area contributed by atoms with Crippen molar-refractivity contribution in [2.24, 2.45) is 22.9 Å². The molecule has 10 heavy (non-hydrogen) atoms. The molecular weight excluding hydrogens is 128 g/mol. The lowest BCUT2D eigenvalue weighted by molar-refractivity contribution is 1.10. The van der Waals surface area contributed by atoms with Gasteiger partial charge in [-0.1, -0.05) is 0 Å². The van der Waals surface area contributed by atoms with Gasteiger partial charge in [0.1, 0.15) is 0 Å². The van der Waals surface area contributed by atoms with Gasteiger partial charge in [0.15, 0.2) is 0 Å². The molecule has 0 spiro atoms. The summed E-state index contributed by atoms with van der Waals surface area (Å²) in [5.74, 6) is 0.511. The number of rotatable bonds is 1. The highest BCUT2D eigenvalue weighted by atomic mass is 14.8. The quantitative estimate of drug-likeness (QED) is 0.363. The molecule has 0 atom stereocenters. The highest BCUT2D eigenvalue weighted by Crippen LogP contribution is 2.07. The first-order valence-electron chi connectivity index (χ1n) is 2.90. The van der Waals surface area contributed by atoms with Gasteiger partial charge in [-0.2, -0.15) is 0 Å². The standard InChI is InChI=1S/C6H14N4/c1-3(5(7)8)4(2)6(9)10/h7-10H2,1-2H3. The Morgan fingerprint density at radius 3 is 1.00 bits per heavy atom. The summed E-state index contributed by atoms with van der Waals surface area (Å²) in [6.07, 6.45) is 0. The van der Waals surface area contributed by atoms with Gasteiger partial charge in [0.05, 0.1) is 11.6 Å². The number of hydrogen-bond acceptors (Lipinski definition) is 4. The van der Waals surface area contributed by atoms with Gasteiger partial charge in [-0.25, -0.2) is 0 Å². The Morgan fingerprint density at radius 1 is 0.700 bits per heavy atom. The first-order valence-corrected chi connectivity index (χ1v) is 2.90. The van der Waals surface area contributed by atoms with E-state index < -0.39 is 0 Å². The zero-order valence-electron chi connectivity index (χ0n) is 6.31. The van der Waals surface area contributed by atoms with Crippen LogP contribution in [0.1, 0.15) is 13.8 Å². The Labute approximate surface area is 60.5 Å². The predicted molar refractivity (Wildman–Crippen MR) is 42.1 cm³/mol. The third-order valence-electron chi connectivity index (χ3n) is 1.43. The molecule has 0 saturated heterocycles. The molecule has 0 aromatic rings. The molecule has 0 aliphatic carbocycles. The zero-order valence-corrected chi connectivity index (χ0v) is 6.31. The van der Waals surface area contributed by atoms with Crippen LogP contribution in [-0.4, -0.2) is 0 Å². The molecule has 0 fully saturated rings. The van der Waals surface area contributed by atoms with Crippen LogP contribution >= 0.6 is 0 Å². The first kappa shape index (κ1) is 8.68. The molecule has 0 bridgehead atoms. The predicted octanol–water partition coefficient (Wildman–Crippen LogP) is -0.716. The van der Waals surface area contributed by atoms with Crippen molar-refractivity contribution in [2.45, 2.75) is 13.8 Å². The fourth-order valence-electron chi connectivity index (χ4n) is 0.433. The van der Waals surface area contributed by atoms with Gasteiger partial charge in [-0.15, -0.1) is 0 Å². The smallest absolute Gasteiger partial charge is 0.0967 e. The normalized spacial score (nSPS) is 8.60. The Hall–Kier alpha value is -1.32. The number of hydrogen-bond donors (Lipinski definition) is 4. The van der Waals surface area contributed by atoms with E-state index in [2.05, 4.69) is 0 Å². The van der Waals surface area contributed by atoms with E-state index in [9.17, 15) is 0 Å². The van der Waals surface area contributed by atoms with Crippen molar-refractivity contribution < 1.29 is 0 Å². The van der Waals surface area contributed by atoms with Gasteiger partial charge in [0.25, 0.3) is 0 Å². The highest BCUT2D eigenvalue weighted by Gasteiger charge is 1.98. The van der Waals surface area contributed by atoms with Crippen molar-refractivity contribution in [3.8, 4) is 0 Å². The lowest BCUT2D eigenvalue weighted by Crippen LogP contribution is -2.16. The van der Waals surface area contributed by atoms with E-state index in [1.165, 1.54) is 0 Å². The summed E-state index contributed by atoms with van der Waals surface area (Å²) in [6, 6.07) is 0. The van der Waals surface area contributed by atoms with Crippen LogP contribution in [0.25, 0.3) is 0 Å². The van der Waals surface area contributed by atoms with Gasteiger partial charge in [0.2, 0.25) is 0 Å². The first-order chi connectivity index (χ1) is 4.46. The molecule has 0 aliphatic heterocycles. The van der Waals surface area contributed by atoms with Crippen molar-refractivity contribution >= 4 is 0 Å². The van der Waals surface area contributed by atoms with Crippen LogP contribution in [-0.2, 0) is 0 Å². The molecule has 0 aromatic heterocycles. The molecule has 0 heterocycles. The topological polar surface area (TPSA) is 104 Å². The third-order valence-corrected chi connectivity index (χ3v) is 1.43. The SMILES string of the molecule is CC(=C(N)N)C(C)=C(N)N. The summed E-state index contributed by atoms with van der Waals surface area (Å²) in [5.41, 5.74) is 22.6. The summed E-state index contributed by atoms with van der Waals surface area (Å²) < 4.78 is 0. The molecule has 0 saturated carbocycles. The summed E-state index contributed by atoms with van der Waals surface area (Å²) in [6.45, 7) is 3.54. The zero-order chi connectivity index (χ0) is 8.31. The average Bonchev–Trinajstić information content (AvgIpc) is 1.84. The summed E-state index contributed by atoms with van der Waals surface area (Å²) in [7, 11) is 0. The fourth-order valence-corrected chi connectivity index (χ4v) is 0.433. The lowest BCUT2D eigenvalue weighted by atomic mass is 10.1. The van der Waals surface area contributed by atoms with E-state index in [-0.39, 0.29) is 11.6 Å². The van der Waals surface area contributed by atoms with Crippen LogP contribution in [0.4, 0.5) is 0 Å². The van der Waals surface area contributed by atoms with Crippen LogP contribution in [0.15, 0.2) is 22.8 Å². The van der Waals surface area contributed by atoms with E-state index >= 15 is 0 Å². The molecule has 0 rings (SSSR count). The molecule has 0 unspecified atom stereocenters. The van der Waals surface area contributed by atoms with Crippen LogP contribution < -0.4 is 22.9 Å². The van der Waals surface area contributed by atoms with Gasteiger partial charge < -0.3 is 22.9 Å². The highest BCUT2D eigenvalue weighted by molar-refractivity contribution is 5.31. The van der Waals surface area contributed by atoms with Crippen molar-refractivity contribution in [1.29, 1.82) is 0 Å².